The molecule has 18 heavy (non-hydrogen) atoms. The minimum Gasteiger partial charge on any atom is -0.481 e. The van der Waals surface area contributed by atoms with Crippen LogP contribution in [-0.4, -0.2) is 30.1 Å². The summed E-state index contributed by atoms with van der Waals surface area (Å²) < 4.78 is 0. The highest BCUT2D eigenvalue weighted by Crippen LogP contribution is 2.37. The molecule has 1 N–H and O–H groups in total. The zero-order valence-corrected chi connectivity index (χ0v) is 11.9. The molecule has 0 aliphatic rings. The Bertz CT molecular complexity index is 407. The molecule has 0 aromatic heterocycles. The van der Waals surface area contributed by atoms with Crippen LogP contribution in [0.5, 0.6) is 0 Å². The number of hydrogen-bond acceptors (Lipinski definition) is 2. The number of aliphatic carboxylic acids is 1. The first-order valence-electron chi connectivity index (χ1n) is 6.29. The van der Waals surface area contributed by atoms with Crippen LogP contribution in [0.3, 0.4) is 0 Å². The number of hydrogen-bond donors (Lipinski definition) is 1. The molecule has 1 aromatic rings. The first-order chi connectivity index (χ1) is 8.30. The Labute approximate surface area is 109 Å². The highest BCUT2D eigenvalue weighted by Gasteiger charge is 2.39. The van der Waals surface area contributed by atoms with Crippen molar-refractivity contribution in [3.8, 4) is 0 Å². The van der Waals surface area contributed by atoms with Crippen molar-refractivity contribution in [2.24, 2.45) is 5.41 Å². The molecule has 1 aromatic carbocycles. The Morgan fingerprint density at radius 2 is 1.78 bits per heavy atom. The lowest BCUT2D eigenvalue weighted by atomic mass is 9.79. The van der Waals surface area contributed by atoms with Crippen LogP contribution in [0, 0.1) is 5.41 Å². The quantitative estimate of drug-likeness (QED) is 0.872. The zero-order chi connectivity index (χ0) is 13.9. The summed E-state index contributed by atoms with van der Waals surface area (Å²) in [7, 11) is 3.84. The molecule has 0 saturated heterocycles. The number of rotatable bonds is 5. The van der Waals surface area contributed by atoms with Crippen molar-refractivity contribution in [1.29, 1.82) is 0 Å². The van der Waals surface area contributed by atoms with Crippen LogP contribution in [0.25, 0.3) is 0 Å². The fourth-order valence-electron chi connectivity index (χ4n) is 2.41. The Morgan fingerprint density at radius 1 is 1.28 bits per heavy atom. The molecule has 1 unspecified atom stereocenters. The van der Waals surface area contributed by atoms with Gasteiger partial charge in [-0.05, 0) is 45.5 Å². The number of carbonyl (C=O) groups is 1. The van der Waals surface area contributed by atoms with Crippen molar-refractivity contribution < 1.29 is 9.90 Å². The van der Waals surface area contributed by atoms with Crippen LogP contribution in [0.15, 0.2) is 24.3 Å². The largest absolute Gasteiger partial charge is 0.481 e. The highest BCUT2D eigenvalue weighted by atomic mass is 16.4. The van der Waals surface area contributed by atoms with Gasteiger partial charge in [-0.15, -0.1) is 0 Å². The molecular formula is C15H23NO2. The van der Waals surface area contributed by atoms with E-state index in [1.165, 1.54) is 5.56 Å². The third-order valence-corrected chi connectivity index (χ3v) is 3.45. The zero-order valence-electron chi connectivity index (χ0n) is 11.9. The third kappa shape index (κ3) is 2.91. The topological polar surface area (TPSA) is 40.5 Å². The summed E-state index contributed by atoms with van der Waals surface area (Å²) in [6.07, 6.45) is 0.995. The second kappa shape index (κ2) is 5.53. The maximum absolute atomic E-state index is 11.4. The molecular weight excluding hydrogens is 226 g/mol. The van der Waals surface area contributed by atoms with E-state index in [1.54, 1.807) is 13.8 Å². The van der Waals surface area contributed by atoms with Crippen molar-refractivity contribution >= 4 is 5.97 Å². The van der Waals surface area contributed by atoms with Gasteiger partial charge in [-0.3, -0.25) is 4.79 Å². The van der Waals surface area contributed by atoms with Crippen molar-refractivity contribution in [2.45, 2.75) is 33.2 Å². The van der Waals surface area contributed by atoms with Gasteiger partial charge in [0, 0.05) is 6.04 Å². The highest BCUT2D eigenvalue weighted by molar-refractivity contribution is 5.75. The molecule has 0 fully saturated rings. The Balaban J connectivity index is 3.16. The van der Waals surface area contributed by atoms with Crippen LogP contribution in [-0.2, 0) is 11.2 Å². The standard InChI is InChI=1S/C15H23NO2/c1-6-11-7-9-12(10-8-11)13(16(4)5)15(2,3)14(17)18/h7-10,13H,6H2,1-5H3,(H,17,18). The van der Waals surface area contributed by atoms with Gasteiger partial charge >= 0.3 is 5.97 Å². The molecule has 1 atom stereocenters. The van der Waals surface area contributed by atoms with Gasteiger partial charge in [0.05, 0.1) is 5.41 Å². The minimum atomic E-state index is -0.822. The van der Waals surface area contributed by atoms with E-state index in [9.17, 15) is 9.90 Å². The molecule has 3 nitrogen and oxygen atoms in total. The Kier molecular flexibility index (Phi) is 4.52. The van der Waals surface area contributed by atoms with E-state index in [0.717, 1.165) is 12.0 Å². The van der Waals surface area contributed by atoms with E-state index in [2.05, 4.69) is 19.1 Å². The molecule has 3 heteroatoms. The molecule has 0 heterocycles. The normalized spacial score (nSPS) is 13.7. The predicted molar refractivity (Wildman–Crippen MR) is 73.7 cm³/mol. The Morgan fingerprint density at radius 3 is 2.11 bits per heavy atom. The van der Waals surface area contributed by atoms with Crippen LogP contribution >= 0.6 is 0 Å². The number of carboxylic acids is 1. The van der Waals surface area contributed by atoms with Crippen molar-refractivity contribution in [1.82, 2.24) is 4.90 Å². The van der Waals surface area contributed by atoms with E-state index < -0.39 is 11.4 Å². The fraction of sp³-hybridized carbons (Fsp3) is 0.533. The number of benzene rings is 1. The molecule has 0 aliphatic heterocycles. The molecule has 0 aliphatic carbocycles. The predicted octanol–water partition coefficient (Wildman–Crippen LogP) is 2.96. The molecule has 0 saturated carbocycles. The van der Waals surface area contributed by atoms with E-state index in [4.69, 9.17) is 0 Å². The van der Waals surface area contributed by atoms with Crippen LogP contribution in [0.4, 0.5) is 0 Å². The van der Waals surface area contributed by atoms with Gasteiger partial charge in [0.15, 0.2) is 0 Å². The minimum absolute atomic E-state index is 0.138. The lowest BCUT2D eigenvalue weighted by Crippen LogP contribution is -2.39. The monoisotopic (exact) mass is 249 g/mol. The average molecular weight is 249 g/mol. The molecule has 0 amide bonds. The van der Waals surface area contributed by atoms with Gasteiger partial charge in [-0.2, -0.15) is 0 Å². The van der Waals surface area contributed by atoms with Crippen LogP contribution in [0.1, 0.15) is 37.9 Å². The summed E-state index contributed by atoms with van der Waals surface area (Å²) in [5.41, 5.74) is 1.49. The maximum atomic E-state index is 11.4. The first kappa shape index (κ1) is 14.7. The van der Waals surface area contributed by atoms with E-state index in [1.807, 2.05) is 31.1 Å². The van der Waals surface area contributed by atoms with Gasteiger partial charge in [-0.25, -0.2) is 0 Å². The fourth-order valence-corrected chi connectivity index (χ4v) is 2.41. The molecule has 100 valence electrons. The lowest BCUT2D eigenvalue weighted by Gasteiger charge is -2.36. The summed E-state index contributed by atoms with van der Waals surface area (Å²) in [6.45, 7) is 5.65. The maximum Gasteiger partial charge on any atom is 0.311 e. The summed E-state index contributed by atoms with van der Waals surface area (Å²) >= 11 is 0. The first-order valence-corrected chi connectivity index (χ1v) is 6.29. The molecule has 1 rings (SSSR count). The van der Waals surface area contributed by atoms with Crippen molar-refractivity contribution in [2.75, 3.05) is 14.1 Å². The van der Waals surface area contributed by atoms with Crippen molar-refractivity contribution in [3.05, 3.63) is 35.4 Å². The second-order valence-electron chi connectivity index (χ2n) is 5.49. The lowest BCUT2D eigenvalue weighted by molar-refractivity contribution is -0.150. The van der Waals surface area contributed by atoms with Crippen LogP contribution in [0.2, 0.25) is 0 Å². The van der Waals surface area contributed by atoms with Gasteiger partial charge in [-0.1, -0.05) is 31.2 Å². The van der Waals surface area contributed by atoms with Gasteiger partial charge < -0.3 is 10.0 Å². The average Bonchev–Trinajstić information content (AvgIpc) is 2.29. The van der Waals surface area contributed by atoms with Gasteiger partial charge in [0.1, 0.15) is 0 Å². The molecule has 0 bridgehead atoms. The van der Waals surface area contributed by atoms with E-state index in [-0.39, 0.29) is 6.04 Å². The van der Waals surface area contributed by atoms with Crippen molar-refractivity contribution in [3.63, 3.8) is 0 Å². The summed E-state index contributed by atoms with van der Waals surface area (Å²) in [5.74, 6) is -0.777. The summed E-state index contributed by atoms with van der Waals surface area (Å²) in [6, 6.07) is 8.08. The van der Waals surface area contributed by atoms with E-state index in [0.29, 0.717) is 0 Å². The molecule has 0 radical (unpaired) electrons. The number of nitrogens with zero attached hydrogens (tertiary/aromatic N) is 1. The summed E-state index contributed by atoms with van der Waals surface area (Å²) in [4.78, 5) is 13.4. The summed E-state index contributed by atoms with van der Waals surface area (Å²) in [5, 5.41) is 9.40. The second-order valence-corrected chi connectivity index (χ2v) is 5.49. The van der Waals surface area contributed by atoms with Gasteiger partial charge in [0.2, 0.25) is 0 Å². The van der Waals surface area contributed by atoms with Gasteiger partial charge in [0.25, 0.3) is 0 Å². The number of aryl methyl sites for hydroxylation is 1. The smallest absolute Gasteiger partial charge is 0.311 e. The SMILES string of the molecule is CCc1ccc(C(N(C)C)C(C)(C)C(=O)O)cc1. The molecule has 0 spiro atoms. The number of carboxylic acid groups (broad SMARTS) is 1. The third-order valence-electron chi connectivity index (χ3n) is 3.45. The van der Waals surface area contributed by atoms with E-state index >= 15 is 0 Å². The Hall–Kier alpha value is -1.35. The van der Waals surface area contributed by atoms with Crippen LogP contribution < -0.4 is 0 Å².